The number of nitrogens with one attached hydrogen (secondary N) is 2. The van der Waals surface area contributed by atoms with Gasteiger partial charge >= 0.3 is 0 Å². The first kappa shape index (κ1) is 21.8. The third-order valence-electron chi connectivity index (χ3n) is 4.60. The zero-order valence-corrected chi connectivity index (χ0v) is 17.1. The van der Waals surface area contributed by atoms with E-state index in [1.54, 1.807) is 18.2 Å². The maximum Gasteiger partial charge on any atom is 0.267 e. The molecular weight excluding hydrogens is 406 g/mol. The maximum atomic E-state index is 13.8. The molecule has 1 heterocycles. The first-order chi connectivity index (χ1) is 14.7. The minimum atomic E-state index is -1.07. The van der Waals surface area contributed by atoms with Crippen LogP contribution in [0.25, 0.3) is 11.3 Å². The predicted molar refractivity (Wildman–Crippen MR) is 113 cm³/mol. The van der Waals surface area contributed by atoms with Crippen molar-refractivity contribution in [1.29, 1.82) is 0 Å². The second-order valence-corrected chi connectivity index (χ2v) is 7.00. The Balaban J connectivity index is 1.91. The number of carbonyl (C=O) groups is 2. The van der Waals surface area contributed by atoms with Crippen LogP contribution < -0.4 is 16.2 Å². The van der Waals surface area contributed by atoms with Gasteiger partial charge in [-0.25, -0.2) is 13.5 Å². The smallest absolute Gasteiger partial charge is 0.267 e. The van der Waals surface area contributed by atoms with Gasteiger partial charge in [-0.1, -0.05) is 12.1 Å². The molecule has 0 aliphatic carbocycles. The number of aryl methyl sites for hydroxylation is 1. The van der Waals surface area contributed by atoms with Crippen molar-refractivity contribution in [3.05, 3.63) is 76.1 Å². The first-order valence-electron chi connectivity index (χ1n) is 9.40. The summed E-state index contributed by atoms with van der Waals surface area (Å²) in [6.45, 7) is 4.67. The molecule has 0 radical (unpaired) electrons. The molecule has 3 aromatic rings. The third kappa shape index (κ3) is 5.00. The Hall–Kier alpha value is -3.88. The van der Waals surface area contributed by atoms with E-state index in [4.69, 9.17) is 0 Å². The van der Waals surface area contributed by atoms with Gasteiger partial charge in [0.2, 0.25) is 11.8 Å². The van der Waals surface area contributed by atoms with Crippen molar-refractivity contribution in [3.63, 3.8) is 0 Å². The summed E-state index contributed by atoms with van der Waals surface area (Å²) in [5, 5.41) is 9.33. The van der Waals surface area contributed by atoms with Crippen molar-refractivity contribution in [2.24, 2.45) is 0 Å². The summed E-state index contributed by atoms with van der Waals surface area (Å²) >= 11 is 0. The zero-order chi connectivity index (χ0) is 22.7. The van der Waals surface area contributed by atoms with Crippen LogP contribution in [0.15, 0.2) is 53.3 Å². The number of halogens is 2. The number of nitrogens with zero attached hydrogens (tertiary/aromatic N) is 2. The number of benzene rings is 2. The minimum absolute atomic E-state index is 0.207. The van der Waals surface area contributed by atoms with Crippen LogP contribution in [0.5, 0.6) is 0 Å². The van der Waals surface area contributed by atoms with Gasteiger partial charge in [0, 0.05) is 30.3 Å². The molecule has 0 fully saturated rings. The summed E-state index contributed by atoms with van der Waals surface area (Å²) in [7, 11) is 0. The lowest BCUT2D eigenvalue weighted by molar-refractivity contribution is -0.119. The molecule has 2 aromatic carbocycles. The average Bonchev–Trinajstić information content (AvgIpc) is 2.71. The van der Waals surface area contributed by atoms with Crippen molar-refractivity contribution in [2.45, 2.75) is 26.8 Å². The second-order valence-electron chi connectivity index (χ2n) is 7.00. The molecule has 2 N–H and O–H groups in total. The van der Waals surface area contributed by atoms with E-state index in [1.165, 1.54) is 26.0 Å². The van der Waals surface area contributed by atoms with E-state index in [2.05, 4.69) is 15.7 Å². The predicted octanol–water partition coefficient (Wildman–Crippen LogP) is 3.66. The summed E-state index contributed by atoms with van der Waals surface area (Å²) in [6.07, 6.45) is 0. The number of hydrogen-bond donors (Lipinski definition) is 2. The van der Waals surface area contributed by atoms with Crippen LogP contribution in [0.1, 0.15) is 25.5 Å². The van der Waals surface area contributed by atoms with Crippen LogP contribution >= 0.6 is 0 Å². The van der Waals surface area contributed by atoms with Crippen molar-refractivity contribution < 1.29 is 18.4 Å². The topological polar surface area (TPSA) is 93.1 Å². The van der Waals surface area contributed by atoms with Gasteiger partial charge in [-0.2, -0.15) is 5.10 Å². The van der Waals surface area contributed by atoms with E-state index in [9.17, 15) is 23.2 Å². The van der Waals surface area contributed by atoms with Crippen LogP contribution in [-0.4, -0.2) is 21.6 Å². The summed E-state index contributed by atoms with van der Waals surface area (Å²) in [5.74, 6) is -2.62. The number of rotatable bonds is 5. The highest BCUT2D eigenvalue weighted by Gasteiger charge is 2.20. The lowest BCUT2D eigenvalue weighted by Crippen LogP contribution is -2.33. The van der Waals surface area contributed by atoms with E-state index < -0.39 is 29.1 Å². The molecule has 0 saturated heterocycles. The van der Waals surface area contributed by atoms with Crippen LogP contribution in [0.2, 0.25) is 0 Å². The van der Waals surface area contributed by atoms with Crippen molar-refractivity contribution in [3.8, 4) is 11.3 Å². The van der Waals surface area contributed by atoms with Gasteiger partial charge in [0.1, 0.15) is 17.7 Å². The van der Waals surface area contributed by atoms with Crippen molar-refractivity contribution in [1.82, 2.24) is 9.78 Å². The van der Waals surface area contributed by atoms with Gasteiger partial charge in [0.15, 0.2) is 0 Å². The van der Waals surface area contributed by atoms with E-state index in [1.807, 2.05) is 6.92 Å². The third-order valence-corrected chi connectivity index (χ3v) is 4.60. The van der Waals surface area contributed by atoms with Gasteiger partial charge in [-0.3, -0.25) is 14.4 Å². The van der Waals surface area contributed by atoms with Crippen LogP contribution in [0.4, 0.5) is 20.2 Å². The van der Waals surface area contributed by atoms with Crippen LogP contribution in [0.3, 0.4) is 0 Å². The van der Waals surface area contributed by atoms with Crippen molar-refractivity contribution >= 4 is 23.2 Å². The largest absolute Gasteiger partial charge is 0.326 e. The number of carbonyl (C=O) groups excluding carboxylic acids is 2. The molecule has 0 aliphatic rings. The Morgan fingerprint density at radius 2 is 1.74 bits per heavy atom. The Bertz CT molecular complexity index is 1220. The lowest BCUT2D eigenvalue weighted by atomic mass is 10.1. The molecule has 1 unspecified atom stereocenters. The highest BCUT2D eigenvalue weighted by atomic mass is 19.1. The minimum Gasteiger partial charge on any atom is -0.326 e. The van der Waals surface area contributed by atoms with Crippen molar-refractivity contribution in [2.75, 3.05) is 10.6 Å². The summed E-state index contributed by atoms with van der Waals surface area (Å²) in [4.78, 5) is 36.3. The van der Waals surface area contributed by atoms with E-state index in [-0.39, 0.29) is 11.6 Å². The molecule has 0 saturated carbocycles. The molecule has 1 atom stereocenters. The summed E-state index contributed by atoms with van der Waals surface area (Å²) < 4.78 is 27.9. The fraction of sp³-hybridized carbons (Fsp3) is 0.182. The molecule has 0 spiro atoms. The van der Waals surface area contributed by atoms with Gasteiger partial charge < -0.3 is 10.6 Å². The SMILES string of the molecule is CC(=O)Nc1cc(-c2ccc(=O)n(C(C)C(=O)Nc3ccc(F)cc3F)n2)ccc1C. The highest BCUT2D eigenvalue weighted by Crippen LogP contribution is 2.24. The molecule has 2 amide bonds. The number of hydrogen-bond acceptors (Lipinski definition) is 4. The average molecular weight is 426 g/mol. The number of aromatic nitrogens is 2. The fourth-order valence-corrected chi connectivity index (χ4v) is 2.90. The molecule has 9 heteroatoms. The van der Waals surface area contributed by atoms with Crippen LogP contribution in [0, 0.1) is 18.6 Å². The normalized spacial score (nSPS) is 11.6. The van der Waals surface area contributed by atoms with E-state index in [0.29, 0.717) is 23.0 Å². The van der Waals surface area contributed by atoms with E-state index >= 15 is 0 Å². The molecule has 7 nitrogen and oxygen atoms in total. The van der Waals surface area contributed by atoms with Gasteiger partial charge in [-0.05, 0) is 43.7 Å². The summed E-state index contributed by atoms with van der Waals surface area (Å²) in [6, 6.07) is 9.74. The summed E-state index contributed by atoms with van der Waals surface area (Å²) in [5.41, 5.74) is 1.74. The van der Waals surface area contributed by atoms with Gasteiger partial charge in [0.05, 0.1) is 11.4 Å². The molecule has 3 rings (SSSR count). The number of anilines is 2. The first-order valence-corrected chi connectivity index (χ1v) is 9.40. The monoisotopic (exact) mass is 426 g/mol. The molecule has 31 heavy (non-hydrogen) atoms. The Morgan fingerprint density at radius 1 is 1.00 bits per heavy atom. The molecule has 160 valence electrons. The Kier molecular flexibility index (Phi) is 6.24. The van der Waals surface area contributed by atoms with Gasteiger partial charge in [0.25, 0.3) is 5.56 Å². The Labute approximate surface area is 176 Å². The fourth-order valence-electron chi connectivity index (χ4n) is 2.90. The quantitative estimate of drug-likeness (QED) is 0.651. The number of amides is 2. The molecule has 0 aliphatic heterocycles. The molecule has 1 aromatic heterocycles. The molecule has 0 bridgehead atoms. The maximum absolute atomic E-state index is 13.8. The standard InChI is InChI=1S/C22H20F2N4O3/c1-12-4-5-15(10-20(12)25-14(3)29)18-8-9-21(30)28(27-18)13(2)22(31)26-19-7-6-16(23)11-17(19)24/h4-11,13H,1-3H3,(H,25,29)(H,26,31). The zero-order valence-electron chi connectivity index (χ0n) is 17.1. The van der Waals surface area contributed by atoms with Crippen LogP contribution in [-0.2, 0) is 9.59 Å². The Morgan fingerprint density at radius 3 is 2.42 bits per heavy atom. The van der Waals surface area contributed by atoms with E-state index in [0.717, 1.165) is 22.4 Å². The highest BCUT2D eigenvalue weighted by molar-refractivity contribution is 5.93. The second kappa shape index (κ2) is 8.86. The lowest BCUT2D eigenvalue weighted by Gasteiger charge is -2.16. The van der Waals surface area contributed by atoms with Gasteiger partial charge in [-0.15, -0.1) is 0 Å². The molecular formula is C22H20F2N4O3.